The van der Waals surface area contributed by atoms with Crippen LogP contribution in [0.3, 0.4) is 0 Å². The van der Waals surface area contributed by atoms with E-state index in [9.17, 15) is 19.5 Å². The molecule has 0 spiro atoms. The first-order chi connectivity index (χ1) is 11.5. The molecule has 0 saturated heterocycles. The molecule has 1 aliphatic carbocycles. The van der Waals surface area contributed by atoms with Crippen molar-refractivity contribution in [2.24, 2.45) is 0 Å². The SMILES string of the molecule is CCN(C=C1C(=O)CC(c2ccccc2)CC1=O)C(CS)C(=O)O. The van der Waals surface area contributed by atoms with Crippen LogP contribution < -0.4 is 0 Å². The molecule has 1 aromatic rings. The van der Waals surface area contributed by atoms with Crippen LogP contribution in [-0.2, 0) is 14.4 Å². The summed E-state index contributed by atoms with van der Waals surface area (Å²) < 4.78 is 0. The van der Waals surface area contributed by atoms with Crippen molar-refractivity contribution in [1.82, 2.24) is 4.90 Å². The molecule has 1 N–H and O–H groups in total. The van der Waals surface area contributed by atoms with E-state index in [0.29, 0.717) is 6.54 Å². The van der Waals surface area contributed by atoms with E-state index in [1.54, 1.807) is 6.92 Å². The van der Waals surface area contributed by atoms with Gasteiger partial charge in [0.2, 0.25) is 0 Å². The standard InChI is InChI=1S/C18H21NO4S/c1-2-19(15(11-24)18(22)23)10-14-16(20)8-13(9-17(14)21)12-6-4-3-5-7-12/h3-7,10,13,15,24H,2,8-9,11H2,1H3,(H,22,23). The lowest BCUT2D eigenvalue weighted by Gasteiger charge is -2.28. The fraction of sp³-hybridized carbons (Fsp3) is 0.389. The summed E-state index contributed by atoms with van der Waals surface area (Å²) in [6.45, 7) is 2.16. The van der Waals surface area contributed by atoms with Crippen LogP contribution in [0, 0.1) is 0 Å². The quantitative estimate of drug-likeness (QED) is 0.469. The van der Waals surface area contributed by atoms with E-state index in [0.717, 1.165) is 5.56 Å². The third-order valence-electron chi connectivity index (χ3n) is 4.25. The summed E-state index contributed by atoms with van der Waals surface area (Å²) in [5, 5.41) is 9.24. The van der Waals surface area contributed by atoms with E-state index < -0.39 is 12.0 Å². The number of benzene rings is 1. The van der Waals surface area contributed by atoms with Gasteiger partial charge in [-0.2, -0.15) is 12.6 Å². The Morgan fingerprint density at radius 1 is 1.29 bits per heavy atom. The molecule has 1 unspecified atom stereocenters. The van der Waals surface area contributed by atoms with Gasteiger partial charge in [0, 0.05) is 31.3 Å². The van der Waals surface area contributed by atoms with E-state index in [4.69, 9.17) is 0 Å². The number of carbonyl (C=O) groups excluding carboxylic acids is 2. The average Bonchev–Trinajstić information content (AvgIpc) is 2.57. The minimum Gasteiger partial charge on any atom is -0.480 e. The first-order valence-electron chi connectivity index (χ1n) is 7.90. The Morgan fingerprint density at radius 3 is 2.33 bits per heavy atom. The van der Waals surface area contributed by atoms with Gasteiger partial charge >= 0.3 is 5.97 Å². The van der Waals surface area contributed by atoms with Gasteiger partial charge in [0.1, 0.15) is 6.04 Å². The maximum Gasteiger partial charge on any atom is 0.327 e. The Kier molecular flexibility index (Phi) is 6.20. The van der Waals surface area contributed by atoms with Crippen LogP contribution in [0.4, 0.5) is 0 Å². The van der Waals surface area contributed by atoms with Gasteiger partial charge in [-0.25, -0.2) is 4.79 Å². The molecular weight excluding hydrogens is 326 g/mol. The van der Waals surface area contributed by atoms with Gasteiger partial charge in [-0.1, -0.05) is 30.3 Å². The van der Waals surface area contributed by atoms with Crippen LogP contribution in [0.25, 0.3) is 0 Å². The lowest BCUT2D eigenvalue weighted by atomic mass is 9.80. The van der Waals surface area contributed by atoms with Crippen LogP contribution in [-0.4, -0.2) is 45.9 Å². The summed E-state index contributed by atoms with van der Waals surface area (Å²) in [6.07, 6.45) is 1.93. The molecule has 1 saturated carbocycles. The van der Waals surface area contributed by atoms with Crippen LogP contribution in [0.15, 0.2) is 42.1 Å². The maximum absolute atomic E-state index is 12.4. The number of Topliss-reactive ketones (excluding diaryl/α,β-unsaturated/α-hetero) is 2. The summed E-state index contributed by atoms with van der Waals surface area (Å²) >= 11 is 4.05. The molecular formula is C18H21NO4S. The minimum atomic E-state index is -1.03. The third kappa shape index (κ3) is 4.06. The van der Waals surface area contributed by atoms with Gasteiger partial charge in [0.05, 0.1) is 5.57 Å². The summed E-state index contributed by atoms with van der Waals surface area (Å²) in [6, 6.07) is 8.64. The molecule has 0 radical (unpaired) electrons. The van der Waals surface area contributed by atoms with E-state index in [2.05, 4.69) is 12.6 Å². The fourth-order valence-corrected chi connectivity index (χ4v) is 3.26. The van der Waals surface area contributed by atoms with Crippen molar-refractivity contribution in [2.75, 3.05) is 12.3 Å². The number of carbonyl (C=O) groups is 3. The minimum absolute atomic E-state index is 0.0945. The van der Waals surface area contributed by atoms with E-state index in [1.165, 1.54) is 11.1 Å². The summed E-state index contributed by atoms with van der Waals surface area (Å²) in [4.78, 5) is 37.6. The molecule has 0 aliphatic heterocycles. The Morgan fingerprint density at radius 2 is 1.88 bits per heavy atom. The number of hydrogen-bond acceptors (Lipinski definition) is 5. The van der Waals surface area contributed by atoms with Gasteiger partial charge in [0.25, 0.3) is 0 Å². The Balaban J connectivity index is 2.22. The highest BCUT2D eigenvalue weighted by atomic mass is 32.1. The molecule has 0 aromatic heterocycles. The van der Waals surface area contributed by atoms with Crippen molar-refractivity contribution in [3.05, 3.63) is 47.7 Å². The second kappa shape index (κ2) is 8.15. The number of hydrogen-bond donors (Lipinski definition) is 2. The molecule has 128 valence electrons. The molecule has 1 aliphatic rings. The Hall–Kier alpha value is -2.08. The summed E-state index contributed by atoms with van der Waals surface area (Å²) in [5.74, 6) is -1.51. The molecule has 1 aromatic carbocycles. The number of allylic oxidation sites excluding steroid dienone is 1. The fourth-order valence-electron chi connectivity index (χ4n) is 2.89. The largest absolute Gasteiger partial charge is 0.480 e. The number of thiol groups is 1. The van der Waals surface area contributed by atoms with Crippen LogP contribution in [0.1, 0.15) is 31.2 Å². The van der Waals surface area contributed by atoms with Gasteiger partial charge in [-0.3, -0.25) is 9.59 Å². The molecule has 6 heteroatoms. The zero-order valence-electron chi connectivity index (χ0n) is 13.5. The van der Waals surface area contributed by atoms with Gasteiger partial charge < -0.3 is 10.0 Å². The summed E-state index contributed by atoms with van der Waals surface area (Å²) in [7, 11) is 0. The lowest BCUT2D eigenvalue weighted by Crippen LogP contribution is -2.40. The van der Waals surface area contributed by atoms with Crippen molar-refractivity contribution < 1.29 is 19.5 Å². The van der Waals surface area contributed by atoms with Gasteiger partial charge in [-0.05, 0) is 18.4 Å². The number of likely N-dealkylation sites (N-methyl/N-ethyl adjacent to an activating group) is 1. The molecule has 1 atom stereocenters. The molecule has 24 heavy (non-hydrogen) atoms. The number of aliphatic carboxylic acids is 1. The average molecular weight is 347 g/mol. The van der Waals surface area contributed by atoms with Crippen molar-refractivity contribution >= 4 is 30.2 Å². The molecule has 0 heterocycles. The third-order valence-corrected chi connectivity index (χ3v) is 4.60. The van der Waals surface area contributed by atoms with E-state index in [1.807, 2.05) is 30.3 Å². The zero-order valence-corrected chi connectivity index (χ0v) is 14.4. The Bertz CT molecular complexity index is 636. The highest BCUT2D eigenvalue weighted by Crippen LogP contribution is 2.31. The van der Waals surface area contributed by atoms with Gasteiger partial charge in [-0.15, -0.1) is 0 Å². The number of carboxylic acid groups (broad SMARTS) is 1. The van der Waals surface area contributed by atoms with Gasteiger partial charge in [0.15, 0.2) is 11.6 Å². The van der Waals surface area contributed by atoms with Crippen molar-refractivity contribution in [3.8, 4) is 0 Å². The van der Waals surface area contributed by atoms with Crippen LogP contribution in [0.5, 0.6) is 0 Å². The monoisotopic (exact) mass is 347 g/mol. The maximum atomic E-state index is 12.4. The van der Waals surface area contributed by atoms with Crippen molar-refractivity contribution in [3.63, 3.8) is 0 Å². The number of rotatable bonds is 6. The van der Waals surface area contributed by atoms with Crippen molar-refractivity contribution in [1.29, 1.82) is 0 Å². The second-order valence-corrected chi connectivity index (χ2v) is 6.14. The van der Waals surface area contributed by atoms with Crippen LogP contribution >= 0.6 is 12.6 Å². The normalized spacial score (nSPS) is 19.1. The lowest BCUT2D eigenvalue weighted by molar-refractivity contribution is -0.141. The molecule has 0 amide bonds. The number of nitrogens with zero attached hydrogens (tertiary/aromatic N) is 1. The highest BCUT2D eigenvalue weighted by Gasteiger charge is 2.32. The number of carboxylic acids is 1. The molecule has 2 rings (SSSR count). The number of ketones is 2. The predicted molar refractivity (Wildman–Crippen MR) is 94.2 cm³/mol. The second-order valence-electron chi connectivity index (χ2n) is 5.77. The predicted octanol–water partition coefficient (Wildman–Crippen LogP) is 2.29. The smallest absolute Gasteiger partial charge is 0.327 e. The molecule has 0 bridgehead atoms. The summed E-state index contributed by atoms with van der Waals surface area (Å²) in [5.41, 5.74) is 1.07. The van der Waals surface area contributed by atoms with Crippen LogP contribution in [0.2, 0.25) is 0 Å². The Labute approximate surface area is 146 Å². The first-order valence-corrected chi connectivity index (χ1v) is 8.53. The van der Waals surface area contributed by atoms with Crippen molar-refractivity contribution in [2.45, 2.75) is 31.7 Å². The molecule has 1 fully saturated rings. The highest BCUT2D eigenvalue weighted by molar-refractivity contribution is 7.80. The molecule has 5 nitrogen and oxygen atoms in total. The first kappa shape index (κ1) is 18.3. The van der Waals surface area contributed by atoms with E-state index >= 15 is 0 Å². The topological polar surface area (TPSA) is 74.7 Å². The zero-order chi connectivity index (χ0) is 17.7. The van der Waals surface area contributed by atoms with E-state index in [-0.39, 0.29) is 41.7 Å².